The van der Waals surface area contributed by atoms with E-state index in [4.69, 9.17) is 0 Å². The third kappa shape index (κ3) is 6.83. The second-order valence-corrected chi connectivity index (χ2v) is 8.63. The number of hydrogen-bond donors (Lipinski definition) is 3. The fourth-order valence-corrected chi connectivity index (χ4v) is 4.54. The Morgan fingerprint density at radius 2 is 1.87 bits per heavy atom. The Bertz CT molecular complexity index is 701. The van der Waals surface area contributed by atoms with E-state index in [1.807, 2.05) is 25.2 Å². The van der Waals surface area contributed by atoms with Crippen LogP contribution in [-0.2, 0) is 4.79 Å². The molecule has 6 nitrogen and oxygen atoms in total. The van der Waals surface area contributed by atoms with Crippen molar-refractivity contribution in [3.05, 3.63) is 29.8 Å². The van der Waals surface area contributed by atoms with Crippen LogP contribution >= 0.6 is 24.0 Å². The monoisotopic (exact) mass is 527 g/mol. The number of amides is 1. The third-order valence-electron chi connectivity index (χ3n) is 6.20. The molecular weight excluding hydrogens is 489 g/mol. The van der Waals surface area contributed by atoms with E-state index in [-0.39, 0.29) is 35.8 Å². The molecule has 2 unspecified atom stereocenters. The average molecular weight is 527 g/mol. The second kappa shape index (κ2) is 12.5. The zero-order valence-corrected chi connectivity index (χ0v) is 20.9. The number of carbonyl (C=O) groups excluding carboxylic acids is 1. The summed E-state index contributed by atoms with van der Waals surface area (Å²) in [6.07, 6.45) is 5.82. The molecule has 0 radical (unpaired) electrons. The Labute approximate surface area is 198 Å². The number of para-hydroxylation sites is 1. The van der Waals surface area contributed by atoms with Crippen molar-refractivity contribution in [2.24, 2.45) is 10.9 Å². The fraction of sp³-hybridized carbons (Fsp3) is 0.652. The maximum absolute atomic E-state index is 12.1. The summed E-state index contributed by atoms with van der Waals surface area (Å²) in [7, 11) is 1.81. The van der Waals surface area contributed by atoms with Crippen molar-refractivity contribution >= 4 is 41.5 Å². The summed E-state index contributed by atoms with van der Waals surface area (Å²) in [6.45, 7) is 8.60. The van der Waals surface area contributed by atoms with Crippen molar-refractivity contribution < 1.29 is 4.79 Å². The van der Waals surface area contributed by atoms with Crippen LogP contribution < -0.4 is 16.0 Å². The molecule has 168 valence electrons. The summed E-state index contributed by atoms with van der Waals surface area (Å²) in [4.78, 5) is 19.1. The molecule has 0 aromatic heterocycles. The van der Waals surface area contributed by atoms with Crippen molar-refractivity contribution in [3.63, 3.8) is 0 Å². The average Bonchev–Trinajstić information content (AvgIpc) is 2.99. The highest BCUT2D eigenvalue weighted by molar-refractivity contribution is 14.0. The van der Waals surface area contributed by atoms with Crippen LogP contribution in [0.3, 0.4) is 0 Å². The molecule has 1 aromatic carbocycles. The minimum Gasteiger partial charge on any atom is -0.356 e. The number of nitrogens with one attached hydrogen (secondary N) is 3. The summed E-state index contributed by atoms with van der Waals surface area (Å²) in [5.74, 6) is 1.64. The lowest BCUT2D eigenvalue weighted by Crippen LogP contribution is -2.50. The first-order chi connectivity index (χ1) is 14.1. The van der Waals surface area contributed by atoms with Gasteiger partial charge in [-0.25, -0.2) is 0 Å². The van der Waals surface area contributed by atoms with E-state index in [0.717, 1.165) is 18.2 Å². The lowest BCUT2D eigenvalue weighted by molar-refractivity contribution is -0.116. The smallest absolute Gasteiger partial charge is 0.225 e. The number of halogens is 1. The number of nitrogens with zero attached hydrogens (tertiary/aromatic N) is 2. The Kier molecular flexibility index (Phi) is 10.4. The number of anilines is 1. The molecule has 2 aliphatic rings. The fourth-order valence-electron chi connectivity index (χ4n) is 4.54. The molecule has 1 fully saturated rings. The van der Waals surface area contributed by atoms with E-state index in [0.29, 0.717) is 24.9 Å². The van der Waals surface area contributed by atoms with Gasteiger partial charge in [0.1, 0.15) is 0 Å². The predicted octanol–water partition coefficient (Wildman–Crippen LogP) is 3.80. The number of aliphatic imine (C=N–C) groups is 1. The minimum atomic E-state index is 0. The lowest BCUT2D eigenvalue weighted by atomic mass is 9.90. The topological polar surface area (TPSA) is 68.8 Å². The largest absolute Gasteiger partial charge is 0.356 e. The SMILES string of the molecule is CN=C(NCC1CC(=O)Nc2ccccc21)NCC(C(C)C)N1CCCCCC1.I. The normalized spacial score (nSPS) is 21.1. The van der Waals surface area contributed by atoms with Gasteiger partial charge in [0, 0.05) is 44.2 Å². The second-order valence-electron chi connectivity index (χ2n) is 8.63. The van der Waals surface area contributed by atoms with Gasteiger partial charge in [0.15, 0.2) is 5.96 Å². The van der Waals surface area contributed by atoms with Crippen molar-refractivity contribution in [2.45, 2.75) is 57.9 Å². The molecule has 3 N–H and O–H groups in total. The quantitative estimate of drug-likeness (QED) is 0.299. The van der Waals surface area contributed by atoms with Gasteiger partial charge < -0.3 is 16.0 Å². The van der Waals surface area contributed by atoms with Gasteiger partial charge in [-0.3, -0.25) is 14.7 Å². The van der Waals surface area contributed by atoms with E-state index in [1.54, 1.807) is 0 Å². The summed E-state index contributed by atoms with van der Waals surface area (Å²) >= 11 is 0. The molecule has 0 bridgehead atoms. The number of rotatable bonds is 6. The summed E-state index contributed by atoms with van der Waals surface area (Å²) in [5.41, 5.74) is 2.12. The summed E-state index contributed by atoms with van der Waals surface area (Å²) in [6, 6.07) is 8.58. The first kappa shape index (κ1) is 24.9. The van der Waals surface area contributed by atoms with Crippen LogP contribution in [0, 0.1) is 5.92 Å². The van der Waals surface area contributed by atoms with Crippen LogP contribution in [0.2, 0.25) is 0 Å². The van der Waals surface area contributed by atoms with Crippen LogP contribution in [0.25, 0.3) is 0 Å². The highest BCUT2D eigenvalue weighted by Gasteiger charge is 2.26. The highest BCUT2D eigenvalue weighted by Crippen LogP contribution is 2.31. The Balaban J connectivity index is 0.00000320. The van der Waals surface area contributed by atoms with Gasteiger partial charge in [0.25, 0.3) is 0 Å². The maximum atomic E-state index is 12.1. The third-order valence-corrected chi connectivity index (χ3v) is 6.20. The zero-order chi connectivity index (χ0) is 20.6. The van der Waals surface area contributed by atoms with Gasteiger partial charge in [-0.2, -0.15) is 0 Å². The molecule has 2 aliphatic heterocycles. The van der Waals surface area contributed by atoms with Crippen LogP contribution in [0.4, 0.5) is 5.69 Å². The lowest BCUT2D eigenvalue weighted by Gasteiger charge is -2.34. The molecule has 0 aliphatic carbocycles. The molecule has 1 saturated heterocycles. The van der Waals surface area contributed by atoms with Crippen LogP contribution in [0.5, 0.6) is 0 Å². The Morgan fingerprint density at radius 1 is 1.17 bits per heavy atom. The van der Waals surface area contributed by atoms with Crippen molar-refractivity contribution in [3.8, 4) is 0 Å². The molecule has 0 saturated carbocycles. The minimum absolute atomic E-state index is 0. The van der Waals surface area contributed by atoms with Gasteiger partial charge in [-0.1, -0.05) is 44.9 Å². The van der Waals surface area contributed by atoms with Crippen LogP contribution in [0.15, 0.2) is 29.3 Å². The van der Waals surface area contributed by atoms with E-state index in [9.17, 15) is 4.79 Å². The number of likely N-dealkylation sites (tertiary alicyclic amines) is 1. The van der Waals surface area contributed by atoms with E-state index in [2.05, 4.69) is 45.8 Å². The molecule has 3 rings (SSSR count). The summed E-state index contributed by atoms with van der Waals surface area (Å²) in [5, 5.41) is 9.96. The van der Waals surface area contributed by atoms with E-state index in [1.165, 1.54) is 44.3 Å². The first-order valence-corrected chi connectivity index (χ1v) is 11.2. The van der Waals surface area contributed by atoms with Gasteiger partial charge in [0.2, 0.25) is 5.91 Å². The maximum Gasteiger partial charge on any atom is 0.225 e. The number of guanidine groups is 1. The van der Waals surface area contributed by atoms with Crippen molar-refractivity contribution in [1.82, 2.24) is 15.5 Å². The number of carbonyl (C=O) groups is 1. The highest BCUT2D eigenvalue weighted by atomic mass is 127. The molecule has 30 heavy (non-hydrogen) atoms. The standard InChI is InChI=1S/C23H37N5O.HI/c1-17(2)21(28-12-8-4-5-9-13-28)16-26-23(24-3)25-15-18-14-22(29)27-20-11-7-6-10-19(18)20;/h6-7,10-11,17-18,21H,4-5,8-9,12-16H2,1-3H3,(H,27,29)(H2,24,25,26);1H. The molecule has 0 spiro atoms. The van der Waals surface area contributed by atoms with Crippen LogP contribution in [-0.4, -0.2) is 56.0 Å². The van der Waals surface area contributed by atoms with Crippen molar-refractivity contribution in [2.75, 3.05) is 38.5 Å². The van der Waals surface area contributed by atoms with E-state index >= 15 is 0 Å². The molecule has 2 heterocycles. The van der Waals surface area contributed by atoms with Gasteiger partial charge in [0.05, 0.1) is 0 Å². The summed E-state index contributed by atoms with van der Waals surface area (Å²) < 4.78 is 0. The Hall–Kier alpha value is -1.35. The zero-order valence-electron chi connectivity index (χ0n) is 18.6. The van der Waals surface area contributed by atoms with E-state index < -0.39 is 0 Å². The van der Waals surface area contributed by atoms with Gasteiger partial charge >= 0.3 is 0 Å². The molecule has 1 aromatic rings. The predicted molar refractivity (Wildman–Crippen MR) is 136 cm³/mol. The first-order valence-electron chi connectivity index (χ1n) is 11.2. The number of fused-ring (bicyclic) bond motifs is 1. The molecular formula is C23H38IN5O. The molecule has 7 heteroatoms. The van der Waals surface area contributed by atoms with Crippen molar-refractivity contribution in [1.29, 1.82) is 0 Å². The molecule has 1 amide bonds. The van der Waals surface area contributed by atoms with Gasteiger partial charge in [-0.15, -0.1) is 24.0 Å². The van der Waals surface area contributed by atoms with Crippen LogP contribution in [0.1, 0.15) is 57.4 Å². The number of hydrogen-bond acceptors (Lipinski definition) is 3. The molecule has 2 atom stereocenters. The Morgan fingerprint density at radius 3 is 2.53 bits per heavy atom. The number of benzene rings is 1. The van der Waals surface area contributed by atoms with Gasteiger partial charge in [-0.05, 0) is 43.5 Å².